The summed E-state index contributed by atoms with van der Waals surface area (Å²) in [5.41, 5.74) is 0.977. The standard InChI is InChI=1S/C21H15Cl2N3O2S2/c1-12-9-15-19(30-12)25-21(26(20(15)28)14-5-3-2-4-6-14)29-11-18(27)24-17-10-13(22)7-8-16(17)23/h2-10H,11H2,1H3,(H,24,27). The normalized spacial score (nSPS) is 11.0. The van der Waals surface area contributed by atoms with Gasteiger partial charge in [0.25, 0.3) is 5.56 Å². The Morgan fingerprint density at radius 2 is 1.93 bits per heavy atom. The van der Waals surface area contributed by atoms with Gasteiger partial charge in [0.2, 0.25) is 5.91 Å². The second kappa shape index (κ2) is 8.81. The number of thiophene rings is 1. The third-order valence-corrected chi connectivity index (χ3v) is 6.65. The molecule has 0 aliphatic rings. The van der Waals surface area contributed by atoms with Crippen molar-refractivity contribution in [3.8, 4) is 5.69 Å². The Morgan fingerprint density at radius 1 is 1.17 bits per heavy atom. The van der Waals surface area contributed by atoms with Crippen molar-refractivity contribution in [2.45, 2.75) is 12.1 Å². The van der Waals surface area contributed by atoms with Crippen molar-refractivity contribution >= 4 is 68.1 Å². The third kappa shape index (κ3) is 4.39. The van der Waals surface area contributed by atoms with Gasteiger partial charge in [-0.1, -0.05) is 53.2 Å². The van der Waals surface area contributed by atoms with E-state index in [1.54, 1.807) is 22.8 Å². The van der Waals surface area contributed by atoms with Crippen LogP contribution in [0.3, 0.4) is 0 Å². The van der Waals surface area contributed by atoms with Crippen LogP contribution in [0.4, 0.5) is 5.69 Å². The molecule has 0 bridgehead atoms. The van der Waals surface area contributed by atoms with E-state index in [1.807, 2.05) is 43.3 Å². The van der Waals surface area contributed by atoms with Crippen molar-refractivity contribution in [2.75, 3.05) is 11.1 Å². The molecule has 4 rings (SSSR count). The average Bonchev–Trinajstić information content (AvgIpc) is 3.10. The summed E-state index contributed by atoms with van der Waals surface area (Å²) in [6, 6.07) is 16.0. The minimum Gasteiger partial charge on any atom is -0.324 e. The van der Waals surface area contributed by atoms with Crippen LogP contribution in [0.5, 0.6) is 0 Å². The van der Waals surface area contributed by atoms with Crippen molar-refractivity contribution in [1.29, 1.82) is 0 Å². The smallest absolute Gasteiger partial charge is 0.267 e. The number of carbonyl (C=O) groups is 1. The number of para-hydroxylation sites is 1. The maximum Gasteiger partial charge on any atom is 0.267 e. The van der Waals surface area contributed by atoms with Crippen molar-refractivity contribution in [3.63, 3.8) is 0 Å². The maximum atomic E-state index is 13.2. The van der Waals surface area contributed by atoms with E-state index < -0.39 is 0 Å². The number of hydrogen-bond acceptors (Lipinski definition) is 5. The fourth-order valence-electron chi connectivity index (χ4n) is 2.89. The molecule has 2 aromatic heterocycles. The number of aryl methyl sites for hydroxylation is 1. The Hall–Kier alpha value is -2.32. The van der Waals surface area contributed by atoms with Gasteiger partial charge in [0.15, 0.2) is 5.16 Å². The average molecular weight is 476 g/mol. The van der Waals surface area contributed by atoms with Gasteiger partial charge >= 0.3 is 0 Å². The van der Waals surface area contributed by atoms with E-state index in [-0.39, 0.29) is 17.2 Å². The minimum atomic E-state index is -0.277. The van der Waals surface area contributed by atoms with E-state index in [1.165, 1.54) is 23.1 Å². The molecule has 30 heavy (non-hydrogen) atoms. The summed E-state index contributed by atoms with van der Waals surface area (Å²) in [6.07, 6.45) is 0. The molecule has 1 amide bonds. The molecule has 0 aliphatic carbocycles. The quantitative estimate of drug-likeness (QED) is 0.292. The number of thioether (sulfide) groups is 1. The highest BCUT2D eigenvalue weighted by molar-refractivity contribution is 7.99. The number of carbonyl (C=O) groups excluding carboxylic acids is 1. The van der Waals surface area contributed by atoms with Gasteiger partial charge in [0.1, 0.15) is 4.83 Å². The first-order chi connectivity index (χ1) is 14.4. The molecule has 2 heterocycles. The van der Waals surface area contributed by atoms with Crippen LogP contribution in [0, 0.1) is 6.92 Å². The molecule has 1 N–H and O–H groups in total. The molecule has 0 aliphatic heterocycles. The molecule has 5 nitrogen and oxygen atoms in total. The molecule has 0 unspecified atom stereocenters. The van der Waals surface area contributed by atoms with Gasteiger partial charge in [-0.25, -0.2) is 4.98 Å². The number of nitrogens with zero attached hydrogens (tertiary/aromatic N) is 2. The molecule has 0 atom stereocenters. The highest BCUT2D eigenvalue weighted by Gasteiger charge is 2.17. The number of halogens is 2. The largest absolute Gasteiger partial charge is 0.324 e. The lowest BCUT2D eigenvalue weighted by molar-refractivity contribution is -0.113. The van der Waals surface area contributed by atoms with Crippen LogP contribution in [-0.2, 0) is 4.79 Å². The lowest BCUT2D eigenvalue weighted by atomic mass is 10.3. The van der Waals surface area contributed by atoms with Crippen molar-refractivity contribution in [1.82, 2.24) is 9.55 Å². The van der Waals surface area contributed by atoms with Gasteiger partial charge in [0.05, 0.1) is 27.5 Å². The SMILES string of the molecule is Cc1cc2c(=O)n(-c3ccccc3)c(SCC(=O)Nc3cc(Cl)ccc3Cl)nc2s1. The molecule has 0 saturated carbocycles. The van der Waals surface area contributed by atoms with Crippen LogP contribution in [-0.4, -0.2) is 21.2 Å². The molecule has 152 valence electrons. The molecule has 9 heteroatoms. The van der Waals surface area contributed by atoms with Crippen molar-refractivity contribution < 1.29 is 4.79 Å². The maximum absolute atomic E-state index is 13.2. The summed E-state index contributed by atoms with van der Waals surface area (Å²) in [4.78, 5) is 32.0. The summed E-state index contributed by atoms with van der Waals surface area (Å²) in [7, 11) is 0. The molecule has 4 aromatic rings. The molecule has 0 saturated heterocycles. The van der Waals surface area contributed by atoms with E-state index in [2.05, 4.69) is 10.3 Å². The van der Waals surface area contributed by atoms with E-state index in [4.69, 9.17) is 23.2 Å². The van der Waals surface area contributed by atoms with Crippen LogP contribution in [0.25, 0.3) is 15.9 Å². The highest BCUT2D eigenvalue weighted by Crippen LogP contribution is 2.28. The van der Waals surface area contributed by atoms with Crippen LogP contribution in [0.2, 0.25) is 10.0 Å². The van der Waals surface area contributed by atoms with Gasteiger partial charge in [0, 0.05) is 9.90 Å². The number of nitrogens with one attached hydrogen (secondary N) is 1. The number of benzene rings is 2. The molecule has 0 fully saturated rings. The number of fused-ring (bicyclic) bond motifs is 1. The van der Waals surface area contributed by atoms with Crippen molar-refractivity contribution in [3.05, 3.63) is 79.9 Å². The number of aromatic nitrogens is 2. The fraction of sp³-hybridized carbons (Fsp3) is 0.0952. The molecular formula is C21H15Cl2N3O2S2. The topological polar surface area (TPSA) is 64.0 Å². The predicted octanol–water partition coefficient (Wildman–Crippen LogP) is 5.79. The molecule has 0 radical (unpaired) electrons. The Labute approximate surface area is 190 Å². The van der Waals surface area contributed by atoms with Gasteiger partial charge < -0.3 is 5.32 Å². The highest BCUT2D eigenvalue weighted by atomic mass is 35.5. The lowest BCUT2D eigenvalue weighted by Crippen LogP contribution is -2.22. The van der Waals surface area contributed by atoms with E-state index in [9.17, 15) is 9.59 Å². The van der Waals surface area contributed by atoms with Crippen LogP contribution in [0.1, 0.15) is 4.88 Å². The van der Waals surface area contributed by atoms with Gasteiger partial charge in [-0.2, -0.15) is 0 Å². The Kier molecular flexibility index (Phi) is 6.15. The van der Waals surface area contributed by atoms with Crippen LogP contribution < -0.4 is 10.9 Å². The predicted molar refractivity (Wildman–Crippen MR) is 126 cm³/mol. The summed E-state index contributed by atoms with van der Waals surface area (Å²) in [6.45, 7) is 1.94. The van der Waals surface area contributed by atoms with Gasteiger partial charge in [-0.3, -0.25) is 14.2 Å². The summed E-state index contributed by atoms with van der Waals surface area (Å²) < 4.78 is 1.54. The fourth-order valence-corrected chi connectivity index (χ4v) is 4.96. The third-order valence-electron chi connectivity index (χ3n) is 4.21. The number of amides is 1. The van der Waals surface area contributed by atoms with E-state index in [0.717, 1.165) is 4.88 Å². The first-order valence-corrected chi connectivity index (χ1v) is 11.4. The molecular weight excluding hydrogens is 461 g/mol. The lowest BCUT2D eigenvalue weighted by Gasteiger charge is -2.12. The summed E-state index contributed by atoms with van der Waals surface area (Å²) >= 11 is 14.7. The van der Waals surface area contributed by atoms with Crippen molar-refractivity contribution in [2.24, 2.45) is 0 Å². The van der Waals surface area contributed by atoms with Crippen LogP contribution >= 0.6 is 46.3 Å². The summed E-state index contributed by atoms with van der Waals surface area (Å²) in [5, 5.41) is 4.64. The minimum absolute atomic E-state index is 0.0536. The first-order valence-electron chi connectivity index (χ1n) is 8.88. The second-order valence-electron chi connectivity index (χ2n) is 6.41. The Morgan fingerprint density at radius 3 is 2.70 bits per heavy atom. The second-order valence-corrected chi connectivity index (χ2v) is 9.43. The van der Waals surface area contributed by atoms with E-state index in [0.29, 0.717) is 36.8 Å². The number of anilines is 1. The summed E-state index contributed by atoms with van der Waals surface area (Å²) in [5.74, 6) is -0.224. The van der Waals surface area contributed by atoms with Gasteiger partial charge in [-0.15, -0.1) is 11.3 Å². The zero-order valence-corrected chi connectivity index (χ0v) is 18.8. The number of hydrogen-bond donors (Lipinski definition) is 1. The monoisotopic (exact) mass is 475 g/mol. The Balaban J connectivity index is 1.65. The molecule has 0 spiro atoms. The zero-order valence-electron chi connectivity index (χ0n) is 15.7. The zero-order chi connectivity index (χ0) is 21.3. The van der Waals surface area contributed by atoms with E-state index >= 15 is 0 Å². The number of rotatable bonds is 5. The Bertz CT molecular complexity index is 1300. The first kappa shape index (κ1) is 20.9. The van der Waals surface area contributed by atoms with Gasteiger partial charge in [-0.05, 0) is 43.3 Å². The molecule has 2 aromatic carbocycles. The van der Waals surface area contributed by atoms with Crippen LogP contribution in [0.15, 0.2) is 64.5 Å².